The van der Waals surface area contributed by atoms with Gasteiger partial charge in [-0.15, -0.1) is 11.6 Å². The summed E-state index contributed by atoms with van der Waals surface area (Å²) in [5, 5.41) is 8.78. The number of rotatable bonds is 3. The van der Waals surface area contributed by atoms with Crippen LogP contribution >= 0.6 is 22.3 Å². The van der Waals surface area contributed by atoms with Crippen LogP contribution in [-0.2, 0) is 14.9 Å². The molecule has 0 atom stereocenters. The molecular formula is C9H5Cl2F2NO2S. The Morgan fingerprint density at radius 1 is 1.41 bits per heavy atom. The third-order valence-electron chi connectivity index (χ3n) is 2.01. The average molecular weight is 300 g/mol. The molecule has 0 unspecified atom stereocenters. The number of hydrogen-bond donors (Lipinski definition) is 0. The van der Waals surface area contributed by atoms with Crippen LogP contribution in [0.1, 0.15) is 23.1 Å². The molecule has 1 rings (SSSR count). The van der Waals surface area contributed by atoms with E-state index in [0.717, 1.165) is 12.1 Å². The van der Waals surface area contributed by atoms with E-state index in [-0.39, 0.29) is 11.4 Å². The molecule has 0 amide bonds. The standard InChI is InChI=1S/C9H5Cl2F2NO2S/c10-3-5-1-2-6(9(12)13)7(4-14)8(5)17(11,15)16/h1-2,9H,3H2. The molecule has 1 aromatic rings. The van der Waals surface area contributed by atoms with E-state index in [1.807, 2.05) is 0 Å². The molecule has 3 nitrogen and oxygen atoms in total. The molecular weight excluding hydrogens is 295 g/mol. The minimum Gasteiger partial charge on any atom is -0.207 e. The largest absolute Gasteiger partial charge is 0.265 e. The summed E-state index contributed by atoms with van der Waals surface area (Å²) < 4.78 is 47.7. The predicted octanol–water partition coefficient (Wildman–Crippen LogP) is 3.16. The van der Waals surface area contributed by atoms with Gasteiger partial charge in [-0.2, -0.15) is 5.26 Å². The van der Waals surface area contributed by atoms with Gasteiger partial charge in [0.25, 0.3) is 15.5 Å². The maximum atomic E-state index is 12.6. The molecule has 0 aromatic heterocycles. The van der Waals surface area contributed by atoms with Gasteiger partial charge in [-0.1, -0.05) is 12.1 Å². The van der Waals surface area contributed by atoms with Crippen LogP contribution in [0.4, 0.5) is 8.78 Å². The van der Waals surface area contributed by atoms with Crippen molar-refractivity contribution >= 4 is 31.3 Å². The number of hydrogen-bond acceptors (Lipinski definition) is 3. The predicted molar refractivity (Wildman–Crippen MR) is 58.7 cm³/mol. The van der Waals surface area contributed by atoms with E-state index in [1.165, 1.54) is 6.07 Å². The van der Waals surface area contributed by atoms with Gasteiger partial charge in [0.1, 0.15) is 11.0 Å². The van der Waals surface area contributed by atoms with Crippen molar-refractivity contribution in [1.29, 1.82) is 5.26 Å². The van der Waals surface area contributed by atoms with E-state index >= 15 is 0 Å². The van der Waals surface area contributed by atoms with E-state index in [2.05, 4.69) is 0 Å². The number of nitriles is 1. The van der Waals surface area contributed by atoms with Crippen molar-refractivity contribution in [2.45, 2.75) is 17.2 Å². The number of alkyl halides is 3. The number of nitrogens with zero attached hydrogens (tertiary/aromatic N) is 1. The highest BCUT2D eigenvalue weighted by molar-refractivity contribution is 8.13. The lowest BCUT2D eigenvalue weighted by Crippen LogP contribution is -2.04. The van der Waals surface area contributed by atoms with Gasteiger partial charge in [0, 0.05) is 22.1 Å². The summed E-state index contributed by atoms with van der Waals surface area (Å²) in [6, 6.07) is 3.50. The van der Waals surface area contributed by atoms with Crippen LogP contribution in [-0.4, -0.2) is 8.42 Å². The van der Waals surface area contributed by atoms with Gasteiger partial charge in [0.2, 0.25) is 0 Å². The van der Waals surface area contributed by atoms with Gasteiger partial charge in [-0.3, -0.25) is 0 Å². The normalized spacial score (nSPS) is 11.5. The maximum Gasteiger partial charge on any atom is 0.265 e. The molecule has 0 fully saturated rings. The lowest BCUT2D eigenvalue weighted by molar-refractivity contribution is 0.150. The van der Waals surface area contributed by atoms with Crippen molar-refractivity contribution in [2.75, 3.05) is 0 Å². The van der Waals surface area contributed by atoms with Crippen molar-refractivity contribution in [1.82, 2.24) is 0 Å². The molecule has 8 heteroatoms. The topological polar surface area (TPSA) is 57.9 Å². The Kier molecular flexibility index (Phi) is 4.31. The number of benzene rings is 1. The molecule has 0 aliphatic heterocycles. The smallest absolute Gasteiger partial charge is 0.207 e. The summed E-state index contributed by atoms with van der Waals surface area (Å²) in [5.74, 6) is -0.251. The fourth-order valence-corrected chi connectivity index (χ4v) is 3.01. The Labute approximate surface area is 106 Å². The van der Waals surface area contributed by atoms with Crippen LogP contribution in [0.15, 0.2) is 17.0 Å². The molecule has 0 saturated heterocycles. The van der Waals surface area contributed by atoms with Gasteiger partial charge >= 0.3 is 0 Å². The molecule has 0 bridgehead atoms. The Morgan fingerprint density at radius 2 is 2.00 bits per heavy atom. The van der Waals surface area contributed by atoms with Gasteiger partial charge < -0.3 is 0 Å². The molecule has 0 heterocycles. The summed E-state index contributed by atoms with van der Waals surface area (Å²) in [6.45, 7) is 0. The van der Waals surface area contributed by atoms with Crippen molar-refractivity contribution in [2.24, 2.45) is 0 Å². The first kappa shape index (κ1) is 14.2. The Bertz CT molecular complexity index is 581. The van der Waals surface area contributed by atoms with Gasteiger partial charge in [0.05, 0.1) is 5.56 Å². The van der Waals surface area contributed by atoms with E-state index in [9.17, 15) is 17.2 Å². The third kappa shape index (κ3) is 2.86. The van der Waals surface area contributed by atoms with E-state index in [4.69, 9.17) is 27.5 Å². The van der Waals surface area contributed by atoms with Crippen LogP contribution in [0.5, 0.6) is 0 Å². The van der Waals surface area contributed by atoms with E-state index in [1.54, 1.807) is 0 Å². The molecule has 1 aromatic carbocycles. The van der Waals surface area contributed by atoms with E-state index in [0.29, 0.717) is 0 Å². The van der Waals surface area contributed by atoms with Crippen molar-refractivity contribution in [3.05, 3.63) is 28.8 Å². The van der Waals surface area contributed by atoms with Crippen LogP contribution in [0.3, 0.4) is 0 Å². The SMILES string of the molecule is N#Cc1c(C(F)F)ccc(CCl)c1S(=O)(=O)Cl. The second-order valence-corrected chi connectivity index (χ2v) is 5.77. The summed E-state index contributed by atoms with van der Waals surface area (Å²) in [4.78, 5) is -0.644. The fraction of sp³-hybridized carbons (Fsp3) is 0.222. The van der Waals surface area contributed by atoms with Gasteiger partial charge in [-0.05, 0) is 5.56 Å². The average Bonchev–Trinajstić information content (AvgIpc) is 2.25. The third-order valence-corrected chi connectivity index (χ3v) is 3.71. The molecule has 0 N–H and O–H groups in total. The summed E-state index contributed by atoms with van der Waals surface area (Å²) in [5.41, 5.74) is -1.32. The zero-order valence-electron chi connectivity index (χ0n) is 8.12. The first-order chi connectivity index (χ1) is 7.82. The highest BCUT2D eigenvalue weighted by Gasteiger charge is 2.26. The molecule has 17 heavy (non-hydrogen) atoms. The molecule has 92 valence electrons. The molecule has 0 radical (unpaired) electrons. The minimum atomic E-state index is -4.31. The van der Waals surface area contributed by atoms with Crippen LogP contribution in [0.25, 0.3) is 0 Å². The summed E-state index contributed by atoms with van der Waals surface area (Å²) in [6.07, 6.45) is -2.97. The molecule has 0 aliphatic carbocycles. The maximum absolute atomic E-state index is 12.6. The second kappa shape index (κ2) is 5.17. The van der Waals surface area contributed by atoms with Gasteiger partial charge in [-0.25, -0.2) is 17.2 Å². The van der Waals surface area contributed by atoms with Crippen LogP contribution in [0, 0.1) is 11.3 Å². The zero-order valence-corrected chi connectivity index (χ0v) is 10.5. The highest BCUT2D eigenvalue weighted by atomic mass is 35.7. The lowest BCUT2D eigenvalue weighted by Gasteiger charge is -2.10. The van der Waals surface area contributed by atoms with E-state index < -0.39 is 31.5 Å². The molecule has 0 aliphatic rings. The second-order valence-electron chi connectivity index (χ2n) is 3.00. The fourth-order valence-electron chi connectivity index (χ4n) is 1.32. The van der Waals surface area contributed by atoms with Crippen LogP contribution in [0.2, 0.25) is 0 Å². The first-order valence-corrected chi connectivity index (χ1v) is 7.02. The zero-order chi connectivity index (χ0) is 13.2. The van der Waals surface area contributed by atoms with Crippen molar-refractivity contribution in [3.63, 3.8) is 0 Å². The Hall–Kier alpha value is -0.900. The summed E-state index contributed by atoms with van der Waals surface area (Å²) >= 11 is 5.48. The Balaban J connectivity index is 3.75. The highest BCUT2D eigenvalue weighted by Crippen LogP contribution is 2.32. The monoisotopic (exact) mass is 299 g/mol. The molecule has 0 spiro atoms. The van der Waals surface area contributed by atoms with Crippen LogP contribution < -0.4 is 0 Å². The minimum absolute atomic E-state index is 0.0163. The lowest BCUT2D eigenvalue weighted by atomic mass is 10.1. The summed E-state index contributed by atoms with van der Waals surface area (Å²) in [7, 11) is 0.808. The van der Waals surface area contributed by atoms with Crippen molar-refractivity contribution in [3.8, 4) is 6.07 Å². The van der Waals surface area contributed by atoms with Crippen molar-refractivity contribution < 1.29 is 17.2 Å². The Morgan fingerprint density at radius 3 is 2.35 bits per heavy atom. The first-order valence-electron chi connectivity index (χ1n) is 4.17. The quantitative estimate of drug-likeness (QED) is 0.636. The number of halogens is 4. The van der Waals surface area contributed by atoms with Gasteiger partial charge in [0.15, 0.2) is 0 Å². The molecule has 0 saturated carbocycles.